The van der Waals surface area contributed by atoms with Gasteiger partial charge in [0.25, 0.3) is 5.91 Å². The SMILES string of the molecule is O=C(Nc1ccc(Cl)c(-c2ccc3cnccc3n2)c1)c1ccc(N2CCCCCS2(=O)=O)cc1F. The number of halogens is 2. The van der Waals surface area contributed by atoms with Crippen LogP contribution in [0.2, 0.25) is 5.02 Å². The zero-order valence-corrected chi connectivity index (χ0v) is 20.7. The van der Waals surface area contributed by atoms with E-state index < -0.39 is 21.7 Å². The Labute approximate surface area is 213 Å². The van der Waals surface area contributed by atoms with E-state index in [1.54, 1.807) is 36.7 Å². The summed E-state index contributed by atoms with van der Waals surface area (Å²) in [6, 6.07) is 14.3. The van der Waals surface area contributed by atoms with Crippen LogP contribution in [0.4, 0.5) is 15.8 Å². The maximum Gasteiger partial charge on any atom is 0.258 e. The molecule has 1 amide bonds. The van der Waals surface area contributed by atoms with Crippen LogP contribution in [0.1, 0.15) is 29.6 Å². The molecular weight excluding hydrogens is 503 g/mol. The van der Waals surface area contributed by atoms with E-state index in [2.05, 4.69) is 15.3 Å². The summed E-state index contributed by atoms with van der Waals surface area (Å²) in [5.74, 6) is -1.44. The number of sulfonamides is 1. The highest BCUT2D eigenvalue weighted by atomic mass is 35.5. The number of amides is 1. The molecule has 36 heavy (non-hydrogen) atoms. The minimum atomic E-state index is -3.52. The van der Waals surface area contributed by atoms with Gasteiger partial charge in [0, 0.05) is 35.6 Å². The van der Waals surface area contributed by atoms with Crippen molar-refractivity contribution in [1.82, 2.24) is 9.97 Å². The highest BCUT2D eigenvalue weighted by Crippen LogP contribution is 2.31. The molecule has 3 heterocycles. The van der Waals surface area contributed by atoms with Crippen molar-refractivity contribution in [1.29, 1.82) is 0 Å². The standard InChI is InChI=1S/C26H22ClFN4O3S/c27-22-8-5-18(14-21(22)25-9-4-17-16-29-11-10-24(17)31-25)30-26(33)20-7-6-19(15-23(20)28)32-12-2-1-3-13-36(32,34)35/h4-11,14-16H,1-3,12-13H2,(H,30,33). The van der Waals surface area contributed by atoms with Gasteiger partial charge in [0.2, 0.25) is 10.0 Å². The van der Waals surface area contributed by atoms with Crippen molar-refractivity contribution < 1.29 is 17.6 Å². The van der Waals surface area contributed by atoms with Gasteiger partial charge in [0.15, 0.2) is 0 Å². The summed E-state index contributed by atoms with van der Waals surface area (Å²) >= 11 is 6.41. The number of aromatic nitrogens is 2. The third-order valence-corrected chi connectivity index (χ3v) is 8.27. The predicted octanol–water partition coefficient (Wildman–Crippen LogP) is 5.66. The van der Waals surface area contributed by atoms with Gasteiger partial charge in [-0.3, -0.25) is 14.1 Å². The van der Waals surface area contributed by atoms with Crippen molar-refractivity contribution in [2.24, 2.45) is 0 Å². The molecule has 1 fully saturated rings. The molecule has 0 unspecified atom stereocenters. The van der Waals surface area contributed by atoms with E-state index in [-0.39, 0.29) is 17.0 Å². The number of nitrogens with zero attached hydrogens (tertiary/aromatic N) is 3. The van der Waals surface area contributed by atoms with E-state index in [1.807, 2.05) is 12.1 Å². The lowest BCUT2D eigenvalue weighted by Gasteiger charge is -2.22. The van der Waals surface area contributed by atoms with Crippen LogP contribution in [-0.2, 0) is 10.0 Å². The summed E-state index contributed by atoms with van der Waals surface area (Å²) in [5, 5.41) is 4.02. The highest BCUT2D eigenvalue weighted by molar-refractivity contribution is 7.92. The smallest absolute Gasteiger partial charge is 0.258 e. The summed E-state index contributed by atoms with van der Waals surface area (Å²) in [6.45, 7) is 0.292. The fourth-order valence-corrected chi connectivity index (χ4v) is 6.06. The quantitative estimate of drug-likeness (QED) is 0.372. The van der Waals surface area contributed by atoms with E-state index in [0.717, 1.165) is 23.4 Å². The van der Waals surface area contributed by atoms with E-state index >= 15 is 0 Å². The summed E-state index contributed by atoms with van der Waals surface area (Å²) in [4.78, 5) is 21.6. The second-order valence-corrected chi connectivity index (χ2v) is 10.9. The molecule has 0 aliphatic carbocycles. The van der Waals surface area contributed by atoms with E-state index in [0.29, 0.717) is 41.4 Å². The van der Waals surface area contributed by atoms with Gasteiger partial charge in [-0.05, 0) is 67.4 Å². The van der Waals surface area contributed by atoms with Crippen molar-refractivity contribution >= 4 is 49.8 Å². The number of fused-ring (bicyclic) bond motifs is 1. The van der Waals surface area contributed by atoms with Crippen molar-refractivity contribution in [3.05, 3.63) is 83.4 Å². The van der Waals surface area contributed by atoms with Crippen LogP contribution in [-0.4, -0.2) is 36.6 Å². The monoisotopic (exact) mass is 524 g/mol. The second kappa shape index (κ2) is 9.83. The Kier molecular flexibility index (Phi) is 6.59. The highest BCUT2D eigenvalue weighted by Gasteiger charge is 2.26. The first-order valence-corrected chi connectivity index (χ1v) is 13.4. The molecule has 1 saturated heterocycles. The van der Waals surface area contributed by atoms with Gasteiger partial charge in [-0.25, -0.2) is 17.8 Å². The molecule has 0 radical (unpaired) electrons. The van der Waals surface area contributed by atoms with Crippen LogP contribution in [0.5, 0.6) is 0 Å². The van der Waals surface area contributed by atoms with Gasteiger partial charge < -0.3 is 5.32 Å². The number of hydrogen-bond acceptors (Lipinski definition) is 5. The number of rotatable bonds is 4. The molecule has 184 valence electrons. The molecule has 2 aromatic heterocycles. The molecule has 2 aromatic carbocycles. The number of benzene rings is 2. The fraction of sp³-hybridized carbons (Fsp3) is 0.192. The minimum Gasteiger partial charge on any atom is -0.322 e. The molecular formula is C26H22ClFN4O3S. The molecule has 0 bridgehead atoms. The molecule has 1 aliphatic heterocycles. The number of carbonyl (C=O) groups excluding carboxylic acids is 1. The van der Waals surface area contributed by atoms with E-state index in [4.69, 9.17) is 11.6 Å². The number of pyridine rings is 2. The minimum absolute atomic E-state index is 0.0265. The van der Waals surface area contributed by atoms with E-state index in [9.17, 15) is 17.6 Å². The molecule has 1 N–H and O–H groups in total. The normalized spacial score (nSPS) is 15.4. The average Bonchev–Trinajstić information content (AvgIpc) is 3.04. The van der Waals surface area contributed by atoms with Gasteiger partial charge in [-0.1, -0.05) is 18.0 Å². The summed E-state index contributed by atoms with van der Waals surface area (Å²) in [7, 11) is -3.52. The van der Waals surface area contributed by atoms with Gasteiger partial charge in [0.1, 0.15) is 5.82 Å². The summed E-state index contributed by atoms with van der Waals surface area (Å²) in [5.41, 5.74) is 2.41. The Morgan fingerprint density at radius 3 is 2.72 bits per heavy atom. The molecule has 0 spiro atoms. The van der Waals surface area contributed by atoms with Gasteiger partial charge in [-0.15, -0.1) is 0 Å². The van der Waals surface area contributed by atoms with Gasteiger partial charge >= 0.3 is 0 Å². The lowest BCUT2D eigenvalue weighted by atomic mass is 10.1. The van der Waals surface area contributed by atoms with Gasteiger partial charge in [0.05, 0.1) is 33.2 Å². The van der Waals surface area contributed by atoms with Crippen LogP contribution >= 0.6 is 11.6 Å². The Morgan fingerprint density at radius 2 is 1.89 bits per heavy atom. The number of nitrogens with one attached hydrogen (secondary N) is 1. The van der Waals surface area contributed by atoms with Crippen molar-refractivity contribution in [2.75, 3.05) is 21.9 Å². The molecule has 7 nitrogen and oxygen atoms in total. The fourth-order valence-electron chi connectivity index (χ4n) is 4.21. The Hall–Kier alpha value is -3.56. The topological polar surface area (TPSA) is 92.3 Å². The maximum atomic E-state index is 14.9. The summed E-state index contributed by atoms with van der Waals surface area (Å²) in [6.07, 6.45) is 5.45. The summed E-state index contributed by atoms with van der Waals surface area (Å²) < 4.78 is 41.2. The molecule has 0 saturated carbocycles. The molecule has 10 heteroatoms. The number of carbonyl (C=O) groups is 1. The second-order valence-electron chi connectivity index (χ2n) is 8.53. The third-order valence-electron chi connectivity index (χ3n) is 6.07. The largest absolute Gasteiger partial charge is 0.322 e. The predicted molar refractivity (Wildman–Crippen MR) is 139 cm³/mol. The zero-order chi connectivity index (χ0) is 25.3. The van der Waals surface area contributed by atoms with Crippen LogP contribution in [0, 0.1) is 5.82 Å². The van der Waals surface area contributed by atoms with Crippen LogP contribution in [0.25, 0.3) is 22.2 Å². The molecule has 0 atom stereocenters. The molecule has 5 rings (SSSR count). The van der Waals surface area contributed by atoms with Crippen molar-refractivity contribution in [3.63, 3.8) is 0 Å². The Bertz CT molecular complexity index is 1580. The van der Waals surface area contributed by atoms with Crippen molar-refractivity contribution in [2.45, 2.75) is 19.3 Å². The Morgan fingerprint density at radius 1 is 1.03 bits per heavy atom. The van der Waals surface area contributed by atoms with Crippen LogP contribution in [0.15, 0.2) is 67.0 Å². The van der Waals surface area contributed by atoms with Crippen LogP contribution < -0.4 is 9.62 Å². The maximum absolute atomic E-state index is 14.9. The van der Waals surface area contributed by atoms with Crippen molar-refractivity contribution in [3.8, 4) is 11.3 Å². The lowest BCUT2D eigenvalue weighted by molar-refractivity contribution is 0.102. The first-order valence-electron chi connectivity index (χ1n) is 11.4. The van der Waals surface area contributed by atoms with Gasteiger partial charge in [-0.2, -0.15) is 0 Å². The molecule has 4 aromatic rings. The number of hydrogen-bond donors (Lipinski definition) is 1. The van der Waals surface area contributed by atoms with Crippen LogP contribution in [0.3, 0.4) is 0 Å². The average molecular weight is 525 g/mol. The first kappa shape index (κ1) is 24.1. The molecule has 1 aliphatic rings. The Balaban J connectivity index is 1.39. The van der Waals surface area contributed by atoms with E-state index in [1.165, 1.54) is 16.4 Å². The lowest BCUT2D eigenvalue weighted by Crippen LogP contribution is -2.32. The zero-order valence-electron chi connectivity index (χ0n) is 19.1. The number of anilines is 2. The third kappa shape index (κ3) is 4.89. The first-order chi connectivity index (χ1) is 17.3.